The van der Waals surface area contributed by atoms with Crippen LogP contribution in [0.4, 0.5) is 5.82 Å². The SMILES string of the molecule is CCCOc1cccnc1NC(C)c1ncn[nH]1. The molecule has 2 aromatic heterocycles. The molecule has 0 spiro atoms. The van der Waals surface area contributed by atoms with Gasteiger partial charge in [-0.15, -0.1) is 0 Å². The minimum absolute atomic E-state index is 0.00798. The molecule has 2 heterocycles. The number of hydrogen-bond acceptors (Lipinski definition) is 5. The first kappa shape index (κ1) is 12.3. The van der Waals surface area contributed by atoms with Crippen molar-refractivity contribution in [1.82, 2.24) is 20.2 Å². The lowest BCUT2D eigenvalue weighted by atomic mass is 10.3. The van der Waals surface area contributed by atoms with Crippen molar-refractivity contribution in [2.75, 3.05) is 11.9 Å². The molecule has 1 unspecified atom stereocenters. The number of nitrogens with zero attached hydrogens (tertiary/aromatic N) is 3. The first-order chi connectivity index (χ1) is 8.81. The van der Waals surface area contributed by atoms with E-state index in [1.807, 2.05) is 19.1 Å². The number of aromatic amines is 1. The van der Waals surface area contributed by atoms with Gasteiger partial charge in [-0.25, -0.2) is 9.97 Å². The summed E-state index contributed by atoms with van der Waals surface area (Å²) in [5.41, 5.74) is 0. The van der Waals surface area contributed by atoms with Crippen LogP contribution >= 0.6 is 0 Å². The summed E-state index contributed by atoms with van der Waals surface area (Å²) in [5.74, 6) is 2.24. The maximum absolute atomic E-state index is 5.63. The van der Waals surface area contributed by atoms with Gasteiger partial charge in [-0.05, 0) is 25.5 Å². The molecule has 0 aliphatic rings. The van der Waals surface area contributed by atoms with Crippen molar-refractivity contribution in [1.29, 1.82) is 0 Å². The van der Waals surface area contributed by atoms with Gasteiger partial charge in [-0.3, -0.25) is 5.10 Å². The quantitative estimate of drug-likeness (QED) is 0.818. The Hall–Kier alpha value is -2.11. The number of H-pyrrole nitrogens is 1. The fraction of sp³-hybridized carbons (Fsp3) is 0.417. The molecule has 0 aliphatic heterocycles. The van der Waals surface area contributed by atoms with Crippen molar-refractivity contribution < 1.29 is 4.74 Å². The monoisotopic (exact) mass is 247 g/mol. The number of anilines is 1. The van der Waals surface area contributed by atoms with Crippen molar-refractivity contribution in [3.8, 4) is 5.75 Å². The van der Waals surface area contributed by atoms with Crippen molar-refractivity contribution in [3.63, 3.8) is 0 Å². The lowest BCUT2D eigenvalue weighted by molar-refractivity contribution is 0.317. The Morgan fingerprint density at radius 1 is 1.44 bits per heavy atom. The Morgan fingerprint density at radius 2 is 2.33 bits per heavy atom. The van der Waals surface area contributed by atoms with Crippen molar-refractivity contribution in [2.24, 2.45) is 0 Å². The lowest BCUT2D eigenvalue weighted by Gasteiger charge is -2.15. The Balaban J connectivity index is 2.08. The molecule has 6 heteroatoms. The third-order valence-corrected chi connectivity index (χ3v) is 2.43. The van der Waals surface area contributed by atoms with Gasteiger partial charge in [0.15, 0.2) is 11.6 Å². The summed E-state index contributed by atoms with van der Waals surface area (Å²) in [6, 6.07) is 3.75. The summed E-state index contributed by atoms with van der Waals surface area (Å²) in [6.07, 6.45) is 4.18. The Kier molecular flexibility index (Phi) is 4.11. The largest absolute Gasteiger partial charge is 0.490 e. The number of aromatic nitrogens is 4. The van der Waals surface area contributed by atoms with Crippen LogP contribution in [0.1, 0.15) is 32.1 Å². The van der Waals surface area contributed by atoms with Gasteiger partial charge >= 0.3 is 0 Å². The summed E-state index contributed by atoms with van der Waals surface area (Å²) in [5, 5.41) is 9.91. The summed E-state index contributed by atoms with van der Waals surface area (Å²) in [4.78, 5) is 8.39. The van der Waals surface area contributed by atoms with E-state index in [0.717, 1.165) is 23.8 Å². The Morgan fingerprint density at radius 3 is 3.06 bits per heavy atom. The molecule has 0 fully saturated rings. The maximum Gasteiger partial charge on any atom is 0.169 e. The highest BCUT2D eigenvalue weighted by molar-refractivity contribution is 5.50. The molecule has 96 valence electrons. The first-order valence-corrected chi connectivity index (χ1v) is 6.01. The zero-order valence-corrected chi connectivity index (χ0v) is 10.6. The van der Waals surface area contributed by atoms with E-state index in [0.29, 0.717) is 6.61 Å². The molecule has 2 rings (SSSR count). The molecule has 2 aromatic rings. The van der Waals surface area contributed by atoms with Gasteiger partial charge in [0.25, 0.3) is 0 Å². The molecular formula is C12H17N5O. The van der Waals surface area contributed by atoms with E-state index in [2.05, 4.69) is 32.4 Å². The average Bonchev–Trinajstić information content (AvgIpc) is 2.91. The van der Waals surface area contributed by atoms with E-state index in [1.54, 1.807) is 6.20 Å². The van der Waals surface area contributed by atoms with E-state index in [1.165, 1.54) is 6.33 Å². The molecule has 2 N–H and O–H groups in total. The third kappa shape index (κ3) is 2.97. The Bertz CT molecular complexity index is 471. The highest BCUT2D eigenvalue weighted by Gasteiger charge is 2.11. The molecule has 0 saturated heterocycles. The van der Waals surface area contributed by atoms with Crippen LogP contribution in [0, 0.1) is 0 Å². The highest BCUT2D eigenvalue weighted by atomic mass is 16.5. The number of nitrogens with one attached hydrogen (secondary N) is 2. The van der Waals surface area contributed by atoms with Crippen LogP contribution in [0.15, 0.2) is 24.7 Å². The third-order valence-electron chi connectivity index (χ3n) is 2.43. The zero-order valence-electron chi connectivity index (χ0n) is 10.6. The second kappa shape index (κ2) is 6.00. The topological polar surface area (TPSA) is 75.7 Å². The van der Waals surface area contributed by atoms with Crippen LogP contribution in [-0.4, -0.2) is 26.8 Å². The van der Waals surface area contributed by atoms with Crippen molar-refractivity contribution in [2.45, 2.75) is 26.3 Å². The molecular weight excluding hydrogens is 230 g/mol. The number of hydrogen-bond donors (Lipinski definition) is 2. The van der Waals surface area contributed by atoms with Crippen LogP contribution in [0.25, 0.3) is 0 Å². The van der Waals surface area contributed by atoms with Gasteiger partial charge in [0.2, 0.25) is 0 Å². The molecule has 1 atom stereocenters. The van der Waals surface area contributed by atoms with Crippen LogP contribution in [0.5, 0.6) is 5.75 Å². The fourth-order valence-electron chi connectivity index (χ4n) is 1.52. The van der Waals surface area contributed by atoms with E-state index in [4.69, 9.17) is 4.74 Å². The van der Waals surface area contributed by atoms with Gasteiger partial charge in [0.05, 0.1) is 12.6 Å². The normalized spacial score (nSPS) is 12.1. The molecule has 0 aromatic carbocycles. The lowest BCUT2D eigenvalue weighted by Crippen LogP contribution is -2.11. The summed E-state index contributed by atoms with van der Waals surface area (Å²) in [6.45, 7) is 4.73. The van der Waals surface area contributed by atoms with Crippen molar-refractivity contribution >= 4 is 5.82 Å². The molecule has 0 aliphatic carbocycles. The minimum Gasteiger partial charge on any atom is -0.490 e. The number of ether oxygens (including phenoxy) is 1. The maximum atomic E-state index is 5.63. The number of rotatable bonds is 6. The molecule has 0 radical (unpaired) electrons. The Labute approximate surface area is 106 Å². The average molecular weight is 247 g/mol. The minimum atomic E-state index is -0.00798. The van der Waals surface area contributed by atoms with Crippen LogP contribution in [-0.2, 0) is 0 Å². The second-order valence-electron chi connectivity index (χ2n) is 3.94. The van der Waals surface area contributed by atoms with E-state index < -0.39 is 0 Å². The second-order valence-corrected chi connectivity index (χ2v) is 3.94. The van der Waals surface area contributed by atoms with Crippen molar-refractivity contribution in [3.05, 3.63) is 30.5 Å². The molecule has 0 saturated carbocycles. The van der Waals surface area contributed by atoms with Crippen LogP contribution in [0.3, 0.4) is 0 Å². The van der Waals surface area contributed by atoms with Gasteiger partial charge < -0.3 is 10.1 Å². The molecule has 6 nitrogen and oxygen atoms in total. The van der Waals surface area contributed by atoms with E-state index >= 15 is 0 Å². The van der Waals surface area contributed by atoms with Crippen LogP contribution < -0.4 is 10.1 Å². The van der Waals surface area contributed by atoms with Gasteiger partial charge in [0.1, 0.15) is 12.2 Å². The van der Waals surface area contributed by atoms with Gasteiger partial charge in [-0.2, -0.15) is 5.10 Å². The smallest absolute Gasteiger partial charge is 0.169 e. The predicted molar refractivity (Wildman–Crippen MR) is 68.4 cm³/mol. The zero-order chi connectivity index (χ0) is 12.8. The summed E-state index contributed by atoms with van der Waals surface area (Å²) < 4.78 is 5.63. The fourth-order valence-corrected chi connectivity index (χ4v) is 1.52. The first-order valence-electron chi connectivity index (χ1n) is 6.01. The summed E-state index contributed by atoms with van der Waals surface area (Å²) >= 11 is 0. The molecule has 0 bridgehead atoms. The standard InChI is InChI=1S/C12H17N5O/c1-3-7-18-10-5-4-6-13-12(10)16-9(2)11-14-8-15-17-11/h4-6,8-9H,3,7H2,1-2H3,(H,13,16)(H,14,15,17). The van der Waals surface area contributed by atoms with E-state index in [9.17, 15) is 0 Å². The van der Waals surface area contributed by atoms with Gasteiger partial charge in [0, 0.05) is 6.20 Å². The molecule has 18 heavy (non-hydrogen) atoms. The van der Waals surface area contributed by atoms with Crippen LogP contribution in [0.2, 0.25) is 0 Å². The molecule has 0 amide bonds. The van der Waals surface area contributed by atoms with E-state index in [-0.39, 0.29) is 6.04 Å². The predicted octanol–water partition coefficient (Wildman–Crippen LogP) is 2.16. The number of pyridine rings is 1. The highest BCUT2D eigenvalue weighted by Crippen LogP contribution is 2.24. The summed E-state index contributed by atoms with van der Waals surface area (Å²) in [7, 11) is 0. The van der Waals surface area contributed by atoms with Gasteiger partial charge in [-0.1, -0.05) is 6.92 Å².